The van der Waals surface area contributed by atoms with Crippen LogP contribution < -0.4 is 10.9 Å². The van der Waals surface area contributed by atoms with Gasteiger partial charge >= 0.3 is 0 Å². The normalized spacial score (nSPS) is 14.1. The highest BCUT2D eigenvalue weighted by molar-refractivity contribution is 7.99. The number of para-hydroxylation sites is 1. The van der Waals surface area contributed by atoms with Crippen LogP contribution in [0.2, 0.25) is 0 Å². The van der Waals surface area contributed by atoms with Gasteiger partial charge in [-0.3, -0.25) is 23.5 Å². The Morgan fingerprint density at radius 1 is 1.09 bits per heavy atom. The second kappa shape index (κ2) is 9.82. The Morgan fingerprint density at radius 3 is 2.62 bits per heavy atom. The number of allylic oxidation sites excluding steroid dienone is 1. The quantitative estimate of drug-likeness (QED) is 0.311. The number of hydrogen-bond acceptors (Lipinski definition) is 6. The van der Waals surface area contributed by atoms with Crippen molar-refractivity contribution in [2.75, 3.05) is 24.2 Å². The molecule has 174 valence electrons. The lowest BCUT2D eigenvalue weighted by atomic mass is 10.2. The van der Waals surface area contributed by atoms with Crippen LogP contribution in [0.15, 0.2) is 71.1 Å². The summed E-state index contributed by atoms with van der Waals surface area (Å²) in [5, 5.41) is 12.6. The van der Waals surface area contributed by atoms with E-state index in [1.54, 1.807) is 12.1 Å². The molecule has 0 bridgehead atoms. The zero-order valence-electron chi connectivity index (χ0n) is 18.8. The molecule has 1 fully saturated rings. The van der Waals surface area contributed by atoms with Crippen molar-refractivity contribution in [1.29, 1.82) is 0 Å². The third-order valence-corrected chi connectivity index (χ3v) is 6.89. The lowest BCUT2D eigenvalue weighted by Gasteiger charge is -2.14. The molecule has 1 aliphatic rings. The van der Waals surface area contributed by atoms with E-state index in [2.05, 4.69) is 39.1 Å². The van der Waals surface area contributed by atoms with Crippen molar-refractivity contribution in [3.8, 4) is 0 Å². The van der Waals surface area contributed by atoms with Crippen molar-refractivity contribution in [2.24, 2.45) is 0 Å². The Labute approximate surface area is 201 Å². The predicted molar refractivity (Wildman–Crippen MR) is 135 cm³/mol. The number of carbonyl (C=O) groups is 1. The Bertz CT molecular complexity index is 1400. The van der Waals surface area contributed by atoms with Crippen LogP contribution in [0.4, 0.5) is 5.69 Å². The molecule has 1 amide bonds. The molecule has 0 spiro atoms. The van der Waals surface area contributed by atoms with Gasteiger partial charge in [-0.05, 0) is 55.8 Å². The first-order valence-electron chi connectivity index (χ1n) is 11.4. The van der Waals surface area contributed by atoms with Crippen LogP contribution in [0, 0.1) is 0 Å². The van der Waals surface area contributed by atoms with Gasteiger partial charge < -0.3 is 5.32 Å². The van der Waals surface area contributed by atoms with E-state index in [1.807, 2.05) is 34.7 Å². The van der Waals surface area contributed by atoms with Gasteiger partial charge in [0.05, 0.1) is 16.7 Å². The molecular weight excluding hydrogens is 448 g/mol. The number of anilines is 1. The van der Waals surface area contributed by atoms with E-state index >= 15 is 0 Å². The van der Waals surface area contributed by atoms with E-state index in [0.29, 0.717) is 28.4 Å². The molecular formula is C25H26N6O2S. The molecule has 1 aliphatic heterocycles. The minimum Gasteiger partial charge on any atom is -0.325 e. The zero-order chi connectivity index (χ0) is 23.5. The number of amides is 1. The zero-order valence-corrected chi connectivity index (χ0v) is 19.6. The molecule has 0 saturated carbocycles. The smallest absolute Gasteiger partial charge is 0.263 e. The maximum atomic E-state index is 12.9. The molecule has 8 nitrogen and oxygen atoms in total. The summed E-state index contributed by atoms with van der Waals surface area (Å²) in [6.45, 7) is 7.34. The first-order valence-corrected chi connectivity index (χ1v) is 12.3. The van der Waals surface area contributed by atoms with Crippen molar-refractivity contribution in [2.45, 2.75) is 31.1 Å². The van der Waals surface area contributed by atoms with Crippen LogP contribution in [0.1, 0.15) is 18.4 Å². The van der Waals surface area contributed by atoms with Crippen LogP contribution in [-0.4, -0.2) is 48.8 Å². The fourth-order valence-electron chi connectivity index (χ4n) is 4.34. The SMILES string of the molecule is C=CCn1c(=O)c2ccccc2n2c(SCC(=O)Nc3ccc(CN4CCCC4)cc3)nnc12. The highest BCUT2D eigenvalue weighted by Crippen LogP contribution is 2.22. The van der Waals surface area contributed by atoms with Crippen molar-refractivity contribution >= 4 is 40.0 Å². The van der Waals surface area contributed by atoms with Gasteiger partial charge in [0.25, 0.3) is 5.56 Å². The van der Waals surface area contributed by atoms with Gasteiger partial charge in [0.1, 0.15) is 0 Å². The highest BCUT2D eigenvalue weighted by atomic mass is 32.2. The van der Waals surface area contributed by atoms with Gasteiger partial charge in [-0.1, -0.05) is 42.1 Å². The lowest BCUT2D eigenvalue weighted by Crippen LogP contribution is -2.22. The van der Waals surface area contributed by atoms with E-state index in [0.717, 1.165) is 25.3 Å². The molecule has 3 heterocycles. The topological polar surface area (TPSA) is 84.5 Å². The second-order valence-corrected chi connectivity index (χ2v) is 9.30. The standard InChI is InChI=1S/C25H26N6O2S/c1-2-13-30-23(33)20-7-3-4-8-21(20)31-24(30)27-28-25(31)34-17-22(32)26-19-11-9-18(10-12-19)16-29-14-5-6-15-29/h2-4,7-12H,1,5-6,13-17H2,(H,26,32). The predicted octanol–water partition coefficient (Wildman–Crippen LogP) is 3.56. The van der Waals surface area contributed by atoms with Crippen molar-refractivity contribution in [1.82, 2.24) is 24.1 Å². The largest absolute Gasteiger partial charge is 0.325 e. The average molecular weight is 475 g/mol. The number of fused-ring (bicyclic) bond motifs is 3. The molecule has 5 rings (SSSR count). The molecule has 1 N–H and O–H groups in total. The van der Waals surface area contributed by atoms with Crippen molar-refractivity contribution in [3.05, 3.63) is 77.1 Å². The van der Waals surface area contributed by atoms with Crippen LogP contribution in [-0.2, 0) is 17.9 Å². The first-order chi connectivity index (χ1) is 16.6. The number of rotatable bonds is 8. The van der Waals surface area contributed by atoms with Gasteiger partial charge in [0.2, 0.25) is 11.7 Å². The van der Waals surface area contributed by atoms with Gasteiger partial charge in [0.15, 0.2) is 5.16 Å². The summed E-state index contributed by atoms with van der Waals surface area (Å²) in [5.74, 6) is 0.475. The molecule has 9 heteroatoms. The molecule has 4 aromatic rings. The highest BCUT2D eigenvalue weighted by Gasteiger charge is 2.17. The van der Waals surface area contributed by atoms with E-state index in [1.165, 1.54) is 34.7 Å². The van der Waals surface area contributed by atoms with Gasteiger partial charge in [0, 0.05) is 18.8 Å². The maximum Gasteiger partial charge on any atom is 0.263 e. The minimum absolute atomic E-state index is 0.127. The summed E-state index contributed by atoms with van der Waals surface area (Å²) in [6.07, 6.45) is 4.20. The Hall–Kier alpha value is -3.43. The van der Waals surface area contributed by atoms with E-state index < -0.39 is 0 Å². The van der Waals surface area contributed by atoms with Crippen molar-refractivity contribution in [3.63, 3.8) is 0 Å². The second-order valence-electron chi connectivity index (χ2n) is 8.36. The average Bonchev–Trinajstić information content (AvgIpc) is 3.52. The third kappa shape index (κ3) is 4.49. The number of benzene rings is 2. The number of thioether (sulfide) groups is 1. The van der Waals surface area contributed by atoms with Gasteiger partial charge in [-0.15, -0.1) is 16.8 Å². The summed E-state index contributed by atoms with van der Waals surface area (Å²) in [7, 11) is 0. The molecule has 0 atom stereocenters. The summed E-state index contributed by atoms with van der Waals surface area (Å²) >= 11 is 1.29. The number of nitrogens with zero attached hydrogens (tertiary/aromatic N) is 5. The summed E-state index contributed by atoms with van der Waals surface area (Å²) < 4.78 is 3.36. The minimum atomic E-state index is -0.141. The van der Waals surface area contributed by atoms with Crippen molar-refractivity contribution < 1.29 is 4.79 Å². The molecule has 34 heavy (non-hydrogen) atoms. The molecule has 1 saturated heterocycles. The Morgan fingerprint density at radius 2 is 1.85 bits per heavy atom. The molecule has 0 aliphatic carbocycles. The molecule has 0 unspecified atom stereocenters. The van der Waals surface area contributed by atoms with Crippen LogP contribution in [0.3, 0.4) is 0 Å². The van der Waals surface area contributed by atoms with Gasteiger partial charge in [-0.25, -0.2) is 0 Å². The monoisotopic (exact) mass is 474 g/mol. The molecule has 2 aromatic heterocycles. The third-order valence-electron chi connectivity index (χ3n) is 5.96. The molecule has 0 radical (unpaired) electrons. The number of carbonyl (C=O) groups excluding carboxylic acids is 1. The van der Waals surface area contributed by atoms with E-state index in [4.69, 9.17) is 0 Å². The van der Waals surface area contributed by atoms with Gasteiger partial charge in [-0.2, -0.15) is 0 Å². The fourth-order valence-corrected chi connectivity index (χ4v) is 5.08. The lowest BCUT2D eigenvalue weighted by molar-refractivity contribution is -0.113. The number of nitrogens with one attached hydrogen (secondary N) is 1. The van der Waals surface area contributed by atoms with E-state index in [9.17, 15) is 9.59 Å². The van der Waals surface area contributed by atoms with E-state index in [-0.39, 0.29) is 17.2 Å². The number of aromatic nitrogens is 4. The van der Waals surface area contributed by atoms with Crippen LogP contribution in [0.5, 0.6) is 0 Å². The summed E-state index contributed by atoms with van der Waals surface area (Å²) in [5.41, 5.74) is 2.59. The summed E-state index contributed by atoms with van der Waals surface area (Å²) in [6, 6.07) is 15.4. The number of likely N-dealkylation sites (tertiary alicyclic amines) is 1. The summed E-state index contributed by atoms with van der Waals surface area (Å²) in [4.78, 5) is 28.0. The van der Waals surface area contributed by atoms with Crippen LogP contribution in [0.25, 0.3) is 16.7 Å². The number of hydrogen-bond donors (Lipinski definition) is 1. The molecule has 2 aromatic carbocycles. The maximum absolute atomic E-state index is 12.9. The fraction of sp³-hybridized carbons (Fsp3) is 0.280. The Balaban J connectivity index is 1.30. The Kier molecular flexibility index (Phi) is 6.46. The first kappa shape index (κ1) is 22.4. The van der Waals surface area contributed by atoms with Crippen LogP contribution >= 0.6 is 11.8 Å².